The summed E-state index contributed by atoms with van der Waals surface area (Å²) in [7, 11) is 0. The number of amides is 1. The number of carbonyl (C=O) groups is 1. The summed E-state index contributed by atoms with van der Waals surface area (Å²) >= 11 is 0. The topological polar surface area (TPSA) is 58.4 Å². The summed E-state index contributed by atoms with van der Waals surface area (Å²) in [5, 5.41) is 3.54. The molecule has 1 amide bonds. The Morgan fingerprint density at radius 2 is 2.12 bits per heavy atom. The summed E-state index contributed by atoms with van der Waals surface area (Å²) in [5.74, 6) is 0.663. The zero-order chi connectivity index (χ0) is 11.9. The summed E-state index contributed by atoms with van der Waals surface area (Å²) in [6, 6.07) is 0.354. The van der Waals surface area contributed by atoms with Crippen LogP contribution in [0.1, 0.15) is 38.5 Å². The van der Waals surface area contributed by atoms with Crippen LogP contribution in [0.4, 0.5) is 0 Å². The van der Waals surface area contributed by atoms with Crippen molar-refractivity contribution < 1.29 is 4.79 Å². The van der Waals surface area contributed by atoms with E-state index in [1.54, 1.807) is 0 Å². The number of nitrogens with two attached hydrogens (primary N) is 1. The van der Waals surface area contributed by atoms with E-state index in [-0.39, 0.29) is 5.91 Å². The first-order valence-corrected chi connectivity index (χ1v) is 7.01. The van der Waals surface area contributed by atoms with Crippen LogP contribution in [0.5, 0.6) is 0 Å². The lowest BCUT2D eigenvalue weighted by Crippen LogP contribution is -2.63. The van der Waals surface area contributed by atoms with Gasteiger partial charge < -0.3 is 11.1 Å². The molecule has 4 nitrogen and oxygen atoms in total. The van der Waals surface area contributed by atoms with Gasteiger partial charge in [0.05, 0.1) is 0 Å². The second kappa shape index (κ2) is 4.25. The Balaban J connectivity index is 1.75. The predicted molar refractivity (Wildman–Crippen MR) is 66.5 cm³/mol. The Labute approximate surface area is 103 Å². The second-order valence-electron chi connectivity index (χ2n) is 5.96. The van der Waals surface area contributed by atoms with Crippen molar-refractivity contribution in [3.8, 4) is 0 Å². The van der Waals surface area contributed by atoms with Crippen LogP contribution in [0.25, 0.3) is 0 Å². The fourth-order valence-electron chi connectivity index (χ4n) is 3.53. The molecule has 1 saturated carbocycles. The normalized spacial score (nSPS) is 38.0. The number of primary amides is 1. The summed E-state index contributed by atoms with van der Waals surface area (Å²) in [6.45, 7) is 3.16. The van der Waals surface area contributed by atoms with Gasteiger partial charge in [0.1, 0.15) is 5.54 Å². The maximum Gasteiger partial charge on any atom is 0.239 e. The summed E-state index contributed by atoms with van der Waals surface area (Å²) in [5.41, 5.74) is 5.29. The van der Waals surface area contributed by atoms with Gasteiger partial charge in [-0.05, 0) is 51.1 Å². The fraction of sp³-hybridized carbons (Fsp3) is 0.923. The lowest BCUT2D eigenvalue weighted by Gasteiger charge is -2.39. The monoisotopic (exact) mass is 237 g/mol. The average molecular weight is 237 g/mol. The molecule has 2 saturated heterocycles. The zero-order valence-corrected chi connectivity index (χ0v) is 10.5. The zero-order valence-electron chi connectivity index (χ0n) is 10.5. The van der Waals surface area contributed by atoms with Crippen LogP contribution in [0, 0.1) is 5.92 Å². The number of fused-ring (bicyclic) bond motifs is 1. The summed E-state index contributed by atoms with van der Waals surface area (Å²) in [6.07, 6.45) is 7.17. The van der Waals surface area contributed by atoms with Gasteiger partial charge >= 0.3 is 0 Å². The Morgan fingerprint density at radius 3 is 2.82 bits per heavy atom. The lowest BCUT2D eigenvalue weighted by molar-refractivity contribution is -0.125. The van der Waals surface area contributed by atoms with E-state index < -0.39 is 5.54 Å². The summed E-state index contributed by atoms with van der Waals surface area (Å²) in [4.78, 5) is 14.4. The Morgan fingerprint density at radius 1 is 1.29 bits per heavy atom. The molecular formula is C13H23N3O. The maximum atomic E-state index is 11.9. The van der Waals surface area contributed by atoms with E-state index in [0.717, 1.165) is 38.4 Å². The molecular weight excluding hydrogens is 214 g/mol. The lowest BCUT2D eigenvalue weighted by atomic mass is 9.84. The van der Waals surface area contributed by atoms with E-state index in [4.69, 9.17) is 5.73 Å². The molecule has 1 aliphatic carbocycles. The number of rotatable bonds is 4. The van der Waals surface area contributed by atoms with Gasteiger partial charge in [-0.2, -0.15) is 0 Å². The molecule has 0 aromatic carbocycles. The number of carbonyl (C=O) groups excluding carboxylic acids is 1. The molecule has 0 spiro atoms. The van der Waals surface area contributed by atoms with Crippen molar-refractivity contribution in [2.45, 2.75) is 50.1 Å². The van der Waals surface area contributed by atoms with Gasteiger partial charge in [-0.3, -0.25) is 9.69 Å². The smallest absolute Gasteiger partial charge is 0.239 e. The van der Waals surface area contributed by atoms with Gasteiger partial charge in [-0.1, -0.05) is 6.42 Å². The van der Waals surface area contributed by atoms with Crippen LogP contribution in [0.3, 0.4) is 0 Å². The number of nitrogens with one attached hydrogen (secondary N) is 1. The Hall–Kier alpha value is -0.610. The van der Waals surface area contributed by atoms with Gasteiger partial charge in [0, 0.05) is 12.6 Å². The van der Waals surface area contributed by atoms with E-state index in [2.05, 4.69) is 10.2 Å². The van der Waals surface area contributed by atoms with Crippen LogP contribution in [-0.4, -0.2) is 42.0 Å². The first-order chi connectivity index (χ1) is 8.22. The van der Waals surface area contributed by atoms with Crippen molar-refractivity contribution in [2.24, 2.45) is 11.7 Å². The van der Waals surface area contributed by atoms with Crippen LogP contribution in [0.2, 0.25) is 0 Å². The molecule has 3 rings (SSSR count). The molecule has 0 radical (unpaired) electrons. The van der Waals surface area contributed by atoms with Crippen molar-refractivity contribution in [2.75, 3.05) is 19.6 Å². The molecule has 17 heavy (non-hydrogen) atoms. The van der Waals surface area contributed by atoms with E-state index in [1.807, 2.05) is 0 Å². The van der Waals surface area contributed by atoms with Gasteiger partial charge in [0.2, 0.25) is 5.91 Å². The first-order valence-electron chi connectivity index (χ1n) is 7.01. The van der Waals surface area contributed by atoms with E-state index in [9.17, 15) is 4.79 Å². The molecule has 0 bridgehead atoms. The van der Waals surface area contributed by atoms with Gasteiger partial charge in [0.15, 0.2) is 0 Å². The van der Waals surface area contributed by atoms with Crippen molar-refractivity contribution in [1.29, 1.82) is 0 Å². The fourth-order valence-corrected chi connectivity index (χ4v) is 3.53. The van der Waals surface area contributed by atoms with E-state index in [1.165, 1.54) is 25.7 Å². The molecule has 96 valence electrons. The highest BCUT2D eigenvalue weighted by Gasteiger charge is 2.52. The highest BCUT2D eigenvalue weighted by Crippen LogP contribution is 2.36. The van der Waals surface area contributed by atoms with E-state index in [0.29, 0.717) is 6.04 Å². The third kappa shape index (κ3) is 1.97. The van der Waals surface area contributed by atoms with Gasteiger partial charge in [-0.15, -0.1) is 0 Å². The minimum absolute atomic E-state index is 0.132. The molecule has 2 atom stereocenters. The van der Waals surface area contributed by atoms with Crippen molar-refractivity contribution in [3.63, 3.8) is 0 Å². The number of hydrogen-bond acceptors (Lipinski definition) is 3. The maximum absolute atomic E-state index is 11.9. The van der Waals surface area contributed by atoms with Gasteiger partial charge in [0.25, 0.3) is 0 Å². The Bertz CT molecular complexity index is 316. The van der Waals surface area contributed by atoms with Crippen LogP contribution in [-0.2, 0) is 4.79 Å². The van der Waals surface area contributed by atoms with Crippen molar-refractivity contribution in [1.82, 2.24) is 10.2 Å². The standard InChI is InChI=1S/C13H23N3O/c14-12(17)13(15-9-10-4-5-10)6-8-16-7-2-1-3-11(13)16/h10-11,15H,1-9H2,(H2,14,17). The first kappa shape index (κ1) is 11.5. The predicted octanol–water partition coefficient (Wildman–Crippen LogP) is 0.468. The molecule has 4 heteroatoms. The van der Waals surface area contributed by atoms with Gasteiger partial charge in [-0.25, -0.2) is 0 Å². The SMILES string of the molecule is NC(=O)C1(NCC2CC2)CCN2CCCCC21. The van der Waals surface area contributed by atoms with Crippen molar-refractivity contribution >= 4 is 5.91 Å². The quantitative estimate of drug-likeness (QED) is 0.747. The minimum atomic E-state index is -0.428. The van der Waals surface area contributed by atoms with Crippen LogP contribution in [0.15, 0.2) is 0 Å². The third-order valence-corrected chi connectivity index (χ3v) is 4.82. The molecule has 3 N–H and O–H groups in total. The highest BCUT2D eigenvalue weighted by atomic mass is 16.1. The second-order valence-corrected chi connectivity index (χ2v) is 5.96. The molecule has 0 aromatic heterocycles. The number of hydrogen-bond donors (Lipinski definition) is 2. The molecule has 3 aliphatic rings. The van der Waals surface area contributed by atoms with Crippen molar-refractivity contribution in [3.05, 3.63) is 0 Å². The minimum Gasteiger partial charge on any atom is -0.368 e. The average Bonchev–Trinajstić information content (AvgIpc) is 3.08. The third-order valence-electron chi connectivity index (χ3n) is 4.82. The molecule has 2 unspecified atom stereocenters. The van der Waals surface area contributed by atoms with Crippen LogP contribution < -0.4 is 11.1 Å². The molecule has 2 heterocycles. The summed E-state index contributed by atoms with van der Waals surface area (Å²) < 4.78 is 0. The van der Waals surface area contributed by atoms with E-state index >= 15 is 0 Å². The highest BCUT2D eigenvalue weighted by molar-refractivity contribution is 5.86. The largest absolute Gasteiger partial charge is 0.368 e. The van der Waals surface area contributed by atoms with Crippen LogP contribution >= 0.6 is 0 Å². The number of piperidine rings is 1. The molecule has 2 aliphatic heterocycles. The Kier molecular flexibility index (Phi) is 2.87. The number of nitrogens with zero attached hydrogens (tertiary/aromatic N) is 1. The molecule has 3 fully saturated rings. The molecule has 0 aromatic rings.